The Morgan fingerprint density at radius 3 is 2.41 bits per heavy atom. The summed E-state index contributed by atoms with van der Waals surface area (Å²) in [5, 5.41) is 0.749. The molecule has 1 atom stereocenters. The van der Waals surface area contributed by atoms with Crippen LogP contribution in [0.4, 0.5) is 0 Å². The van der Waals surface area contributed by atoms with E-state index in [4.69, 9.17) is 11.6 Å². The molecule has 0 bridgehead atoms. The van der Waals surface area contributed by atoms with Gasteiger partial charge in [0.15, 0.2) is 5.78 Å². The highest BCUT2D eigenvalue weighted by Gasteiger charge is 2.19. The number of hydrogen-bond acceptors (Lipinski definition) is 2. The molecule has 0 saturated heterocycles. The number of carbonyl (C=O) groups is 1. The van der Waals surface area contributed by atoms with Crippen LogP contribution in [0.15, 0.2) is 36.0 Å². The zero-order chi connectivity index (χ0) is 12.4. The summed E-state index contributed by atoms with van der Waals surface area (Å²) in [6.45, 7) is 2.13. The standard InChI is InChI=1S/C14H16ClNO/c1-10(11-3-5-12(15)6-4-11)16(2)13-7-8-14(17)9-13/h3-6,9-10H,7-8H2,1-2H3. The molecule has 3 heteroatoms. The lowest BCUT2D eigenvalue weighted by Gasteiger charge is -2.28. The zero-order valence-corrected chi connectivity index (χ0v) is 10.9. The fraction of sp³-hybridized carbons (Fsp3) is 0.357. The third kappa shape index (κ3) is 2.70. The third-order valence-corrected chi connectivity index (χ3v) is 3.59. The summed E-state index contributed by atoms with van der Waals surface area (Å²) in [6.07, 6.45) is 3.26. The van der Waals surface area contributed by atoms with Crippen molar-refractivity contribution < 1.29 is 4.79 Å². The van der Waals surface area contributed by atoms with Crippen LogP contribution in [0.2, 0.25) is 5.02 Å². The van der Waals surface area contributed by atoms with E-state index >= 15 is 0 Å². The Kier molecular flexibility index (Phi) is 3.53. The largest absolute Gasteiger partial charge is 0.371 e. The molecule has 2 nitrogen and oxygen atoms in total. The summed E-state index contributed by atoms with van der Waals surface area (Å²) in [7, 11) is 2.03. The van der Waals surface area contributed by atoms with Crippen molar-refractivity contribution >= 4 is 17.4 Å². The summed E-state index contributed by atoms with van der Waals surface area (Å²) in [5.41, 5.74) is 2.33. The van der Waals surface area contributed by atoms with Gasteiger partial charge >= 0.3 is 0 Å². The molecule has 17 heavy (non-hydrogen) atoms. The first kappa shape index (κ1) is 12.2. The number of halogens is 1. The minimum atomic E-state index is 0.232. The smallest absolute Gasteiger partial charge is 0.157 e. The normalized spacial score (nSPS) is 16.9. The van der Waals surface area contributed by atoms with Crippen molar-refractivity contribution in [1.82, 2.24) is 4.90 Å². The molecule has 0 aliphatic heterocycles. The van der Waals surface area contributed by atoms with E-state index in [2.05, 4.69) is 11.8 Å². The van der Waals surface area contributed by atoms with Crippen LogP contribution in [0, 0.1) is 0 Å². The number of ketones is 1. The molecule has 1 aromatic carbocycles. The fourth-order valence-corrected chi connectivity index (χ4v) is 2.20. The Hall–Kier alpha value is -1.28. The molecule has 0 radical (unpaired) electrons. The summed E-state index contributed by atoms with van der Waals surface area (Å²) in [4.78, 5) is 13.4. The van der Waals surface area contributed by atoms with Crippen LogP contribution in [-0.2, 0) is 4.79 Å². The molecule has 1 aliphatic rings. The Bertz CT molecular complexity index is 450. The first-order chi connectivity index (χ1) is 8.08. The molecule has 1 aliphatic carbocycles. The molecule has 1 unspecified atom stereocenters. The molecule has 90 valence electrons. The van der Waals surface area contributed by atoms with Crippen molar-refractivity contribution in [3.05, 3.63) is 46.6 Å². The van der Waals surface area contributed by atoms with Crippen molar-refractivity contribution in [2.45, 2.75) is 25.8 Å². The molecular weight excluding hydrogens is 234 g/mol. The fourth-order valence-electron chi connectivity index (χ4n) is 2.07. The van der Waals surface area contributed by atoms with Gasteiger partial charge in [0, 0.05) is 30.3 Å². The molecule has 0 spiro atoms. The molecule has 0 heterocycles. The van der Waals surface area contributed by atoms with Gasteiger partial charge in [-0.25, -0.2) is 0 Å². The average molecular weight is 250 g/mol. The van der Waals surface area contributed by atoms with E-state index in [0.29, 0.717) is 6.42 Å². The summed E-state index contributed by atoms with van der Waals surface area (Å²) in [6, 6.07) is 8.11. The predicted octanol–water partition coefficient (Wildman–Crippen LogP) is 3.58. The van der Waals surface area contributed by atoms with Gasteiger partial charge in [-0.3, -0.25) is 4.79 Å². The first-order valence-electron chi connectivity index (χ1n) is 5.79. The van der Waals surface area contributed by atoms with Crippen molar-refractivity contribution in [2.24, 2.45) is 0 Å². The van der Waals surface area contributed by atoms with Crippen molar-refractivity contribution in [3.8, 4) is 0 Å². The number of nitrogens with zero attached hydrogens (tertiary/aromatic N) is 1. The Labute approximate surface area is 107 Å². The van der Waals surface area contributed by atoms with E-state index in [9.17, 15) is 4.79 Å². The SMILES string of the molecule is CC(c1ccc(Cl)cc1)N(C)C1=CC(=O)CC1. The minimum absolute atomic E-state index is 0.232. The molecule has 0 N–H and O–H groups in total. The molecule has 0 saturated carbocycles. The van der Waals surface area contributed by atoms with Crippen LogP contribution in [0.1, 0.15) is 31.4 Å². The van der Waals surface area contributed by atoms with E-state index in [1.807, 2.05) is 31.3 Å². The summed E-state index contributed by atoms with van der Waals surface area (Å²) in [5.74, 6) is 0.232. The van der Waals surface area contributed by atoms with Gasteiger partial charge in [-0.1, -0.05) is 23.7 Å². The van der Waals surface area contributed by atoms with Crippen LogP contribution in [-0.4, -0.2) is 17.7 Å². The van der Waals surface area contributed by atoms with E-state index in [1.165, 1.54) is 5.56 Å². The molecule has 1 aromatic rings. The number of rotatable bonds is 3. The van der Waals surface area contributed by atoms with E-state index in [0.717, 1.165) is 17.1 Å². The van der Waals surface area contributed by atoms with Gasteiger partial charge in [-0.05, 0) is 31.0 Å². The quantitative estimate of drug-likeness (QED) is 0.816. The topological polar surface area (TPSA) is 20.3 Å². The summed E-state index contributed by atoms with van der Waals surface area (Å²) >= 11 is 5.87. The highest BCUT2D eigenvalue weighted by Crippen LogP contribution is 2.28. The van der Waals surface area contributed by atoms with Crippen molar-refractivity contribution in [3.63, 3.8) is 0 Å². The van der Waals surface area contributed by atoms with Gasteiger partial charge in [0.1, 0.15) is 0 Å². The second kappa shape index (κ2) is 4.92. The van der Waals surface area contributed by atoms with E-state index in [1.54, 1.807) is 6.08 Å². The Balaban J connectivity index is 2.14. The van der Waals surface area contributed by atoms with Gasteiger partial charge in [0.05, 0.1) is 6.04 Å². The van der Waals surface area contributed by atoms with Crippen LogP contribution in [0.5, 0.6) is 0 Å². The van der Waals surface area contributed by atoms with Gasteiger partial charge in [0.25, 0.3) is 0 Å². The number of carbonyl (C=O) groups excluding carboxylic acids is 1. The molecule has 0 aromatic heterocycles. The Morgan fingerprint density at radius 2 is 1.88 bits per heavy atom. The highest BCUT2D eigenvalue weighted by atomic mass is 35.5. The maximum absolute atomic E-state index is 11.2. The van der Waals surface area contributed by atoms with Gasteiger partial charge in [0.2, 0.25) is 0 Å². The first-order valence-corrected chi connectivity index (χ1v) is 6.17. The lowest BCUT2D eigenvalue weighted by atomic mass is 10.1. The van der Waals surface area contributed by atoms with Crippen molar-refractivity contribution in [2.75, 3.05) is 7.05 Å². The monoisotopic (exact) mass is 249 g/mol. The van der Waals surface area contributed by atoms with Gasteiger partial charge < -0.3 is 4.90 Å². The molecule has 0 fully saturated rings. The van der Waals surface area contributed by atoms with Gasteiger partial charge in [-0.15, -0.1) is 0 Å². The average Bonchev–Trinajstić information content (AvgIpc) is 2.75. The van der Waals surface area contributed by atoms with Crippen molar-refractivity contribution in [1.29, 1.82) is 0 Å². The second-order valence-corrected chi connectivity index (χ2v) is 4.88. The van der Waals surface area contributed by atoms with Crippen LogP contribution in [0.3, 0.4) is 0 Å². The highest BCUT2D eigenvalue weighted by molar-refractivity contribution is 6.30. The predicted molar refractivity (Wildman–Crippen MR) is 70.0 cm³/mol. The van der Waals surface area contributed by atoms with Crippen LogP contribution >= 0.6 is 11.6 Å². The number of benzene rings is 1. The molecule has 2 rings (SSSR count). The lowest BCUT2D eigenvalue weighted by molar-refractivity contribution is -0.114. The van der Waals surface area contributed by atoms with E-state index < -0.39 is 0 Å². The molecule has 0 amide bonds. The maximum Gasteiger partial charge on any atom is 0.157 e. The number of hydrogen-bond donors (Lipinski definition) is 0. The minimum Gasteiger partial charge on any atom is -0.371 e. The van der Waals surface area contributed by atoms with Gasteiger partial charge in [-0.2, -0.15) is 0 Å². The number of allylic oxidation sites excluding steroid dienone is 2. The van der Waals surface area contributed by atoms with Crippen LogP contribution in [0.25, 0.3) is 0 Å². The zero-order valence-electron chi connectivity index (χ0n) is 10.1. The second-order valence-electron chi connectivity index (χ2n) is 4.44. The Morgan fingerprint density at radius 1 is 1.24 bits per heavy atom. The van der Waals surface area contributed by atoms with E-state index in [-0.39, 0.29) is 11.8 Å². The van der Waals surface area contributed by atoms with Crippen LogP contribution < -0.4 is 0 Å². The lowest BCUT2D eigenvalue weighted by Crippen LogP contribution is -2.20. The summed E-state index contributed by atoms with van der Waals surface area (Å²) < 4.78 is 0. The third-order valence-electron chi connectivity index (χ3n) is 3.34. The maximum atomic E-state index is 11.2. The molecular formula is C14H16ClNO.